The van der Waals surface area contributed by atoms with E-state index < -0.39 is 11.8 Å². The number of hydrogen-bond donors (Lipinski definition) is 2. The first-order chi connectivity index (χ1) is 11.0. The van der Waals surface area contributed by atoms with E-state index in [0.717, 1.165) is 0 Å². The van der Waals surface area contributed by atoms with Gasteiger partial charge in [0.15, 0.2) is 0 Å². The van der Waals surface area contributed by atoms with E-state index in [1.54, 1.807) is 6.07 Å². The second-order valence-corrected chi connectivity index (χ2v) is 5.17. The zero-order chi connectivity index (χ0) is 16.8. The van der Waals surface area contributed by atoms with Gasteiger partial charge in [0.1, 0.15) is 5.82 Å². The molecule has 23 heavy (non-hydrogen) atoms. The van der Waals surface area contributed by atoms with Crippen LogP contribution in [0, 0.1) is 5.82 Å². The number of halogens is 3. The summed E-state index contributed by atoms with van der Waals surface area (Å²) in [5.74, 6) is -2.33. The van der Waals surface area contributed by atoms with Crippen molar-refractivity contribution in [3.05, 3.63) is 63.9 Å². The molecule has 2 aromatic rings. The molecular weight excluding hydrogens is 344 g/mol. The van der Waals surface area contributed by atoms with Gasteiger partial charge in [-0.3, -0.25) is 9.59 Å². The summed E-state index contributed by atoms with van der Waals surface area (Å²) in [5.41, 5.74) is 2.82. The number of carbonyl (C=O) groups is 2. The largest absolute Gasteiger partial charge is 0.329 e. The smallest absolute Gasteiger partial charge is 0.316 e. The van der Waals surface area contributed by atoms with Crippen molar-refractivity contribution in [2.24, 2.45) is 5.10 Å². The van der Waals surface area contributed by atoms with Crippen LogP contribution in [0.15, 0.2) is 47.6 Å². The van der Waals surface area contributed by atoms with Gasteiger partial charge in [-0.15, -0.1) is 0 Å². The maximum atomic E-state index is 12.7. The number of hydrazone groups is 1. The Morgan fingerprint density at radius 2 is 1.74 bits per heavy atom. The van der Waals surface area contributed by atoms with Crippen molar-refractivity contribution >= 4 is 46.9 Å². The number of hydrogen-bond acceptors (Lipinski definition) is 3. The van der Waals surface area contributed by atoms with Crippen LogP contribution < -0.4 is 10.7 Å². The van der Waals surface area contributed by atoms with Gasteiger partial charge in [0, 0.05) is 5.02 Å². The summed E-state index contributed by atoms with van der Waals surface area (Å²) in [6.07, 6.45) is 1.27. The third-order valence-electron chi connectivity index (χ3n) is 2.63. The Morgan fingerprint density at radius 1 is 1.04 bits per heavy atom. The Kier molecular flexibility index (Phi) is 5.67. The fourth-order valence-electron chi connectivity index (χ4n) is 1.54. The lowest BCUT2D eigenvalue weighted by Gasteiger charge is -2.06. The SMILES string of the molecule is O=C(N/N=C/c1ccc(F)cc1)C(=O)Nc1cc(Cl)ccc1Cl. The fraction of sp³-hybridized carbons (Fsp3) is 0. The highest BCUT2D eigenvalue weighted by Gasteiger charge is 2.14. The topological polar surface area (TPSA) is 70.6 Å². The number of benzene rings is 2. The molecule has 8 heteroatoms. The lowest BCUT2D eigenvalue weighted by molar-refractivity contribution is -0.136. The molecule has 0 saturated heterocycles. The number of anilines is 1. The third-order valence-corrected chi connectivity index (χ3v) is 3.20. The van der Waals surface area contributed by atoms with Gasteiger partial charge < -0.3 is 5.32 Å². The predicted octanol–water partition coefficient (Wildman–Crippen LogP) is 3.22. The van der Waals surface area contributed by atoms with Gasteiger partial charge in [0.2, 0.25) is 0 Å². The van der Waals surface area contributed by atoms with Crippen LogP contribution in [0.3, 0.4) is 0 Å². The average Bonchev–Trinajstić information content (AvgIpc) is 2.52. The average molecular weight is 354 g/mol. The number of carbonyl (C=O) groups excluding carboxylic acids is 2. The van der Waals surface area contributed by atoms with E-state index in [9.17, 15) is 14.0 Å². The molecule has 0 fully saturated rings. The van der Waals surface area contributed by atoms with E-state index >= 15 is 0 Å². The summed E-state index contributed by atoms with van der Waals surface area (Å²) in [6.45, 7) is 0. The Labute approximate surface area is 141 Å². The Morgan fingerprint density at radius 3 is 2.43 bits per heavy atom. The molecule has 0 radical (unpaired) electrons. The summed E-state index contributed by atoms with van der Waals surface area (Å²) in [5, 5.41) is 6.52. The van der Waals surface area contributed by atoms with Crippen molar-refractivity contribution in [1.82, 2.24) is 5.43 Å². The van der Waals surface area contributed by atoms with Crippen LogP contribution in [0.4, 0.5) is 10.1 Å². The molecule has 2 rings (SSSR count). The zero-order valence-electron chi connectivity index (χ0n) is 11.5. The third kappa shape index (κ3) is 5.05. The Hall–Kier alpha value is -2.44. The molecule has 2 N–H and O–H groups in total. The standard InChI is InChI=1S/C15H10Cl2FN3O2/c16-10-3-6-12(17)13(7-10)20-14(22)15(23)21-19-8-9-1-4-11(18)5-2-9/h1-8H,(H,20,22)(H,21,23)/b19-8+. The van der Waals surface area contributed by atoms with E-state index in [1.807, 2.05) is 5.43 Å². The van der Waals surface area contributed by atoms with E-state index in [-0.39, 0.29) is 16.5 Å². The highest BCUT2D eigenvalue weighted by atomic mass is 35.5. The van der Waals surface area contributed by atoms with E-state index in [1.165, 1.54) is 42.6 Å². The minimum atomic E-state index is -0.987. The van der Waals surface area contributed by atoms with Crippen molar-refractivity contribution in [2.75, 3.05) is 5.32 Å². The molecule has 0 atom stereocenters. The molecule has 2 amide bonds. The summed E-state index contributed by atoms with van der Waals surface area (Å²) in [7, 11) is 0. The maximum absolute atomic E-state index is 12.7. The molecule has 0 spiro atoms. The van der Waals surface area contributed by atoms with E-state index in [2.05, 4.69) is 10.4 Å². The predicted molar refractivity (Wildman–Crippen MR) is 87.2 cm³/mol. The van der Waals surface area contributed by atoms with Crippen molar-refractivity contribution < 1.29 is 14.0 Å². The number of amides is 2. The van der Waals surface area contributed by atoms with Gasteiger partial charge >= 0.3 is 11.8 Å². The quantitative estimate of drug-likeness (QED) is 0.505. The number of rotatable bonds is 3. The summed E-state index contributed by atoms with van der Waals surface area (Å²) < 4.78 is 12.7. The molecule has 2 aromatic carbocycles. The van der Waals surface area contributed by atoms with Crippen LogP contribution in [-0.4, -0.2) is 18.0 Å². The van der Waals surface area contributed by atoms with Gasteiger partial charge in [-0.1, -0.05) is 35.3 Å². The summed E-state index contributed by atoms with van der Waals surface area (Å²) in [4.78, 5) is 23.3. The molecule has 0 aliphatic rings. The van der Waals surface area contributed by atoms with Crippen LogP contribution in [0.25, 0.3) is 0 Å². The van der Waals surface area contributed by atoms with Crippen molar-refractivity contribution in [3.8, 4) is 0 Å². The van der Waals surface area contributed by atoms with Crippen LogP contribution >= 0.6 is 23.2 Å². The highest BCUT2D eigenvalue weighted by Crippen LogP contribution is 2.25. The molecule has 0 bridgehead atoms. The van der Waals surface area contributed by atoms with Gasteiger partial charge in [0.05, 0.1) is 16.9 Å². The highest BCUT2D eigenvalue weighted by molar-refractivity contribution is 6.42. The van der Waals surface area contributed by atoms with E-state index in [0.29, 0.717) is 10.6 Å². The number of nitrogens with zero attached hydrogens (tertiary/aromatic N) is 1. The second-order valence-electron chi connectivity index (χ2n) is 4.33. The normalized spacial score (nSPS) is 10.6. The maximum Gasteiger partial charge on any atom is 0.329 e. The first-order valence-corrected chi connectivity index (χ1v) is 7.06. The van der Waals surface area contributed by atoms with Gasteiger partial charge in [-0.25, -0.2) is 9.82 Å². The number of nitrogens with one attached hydrogen (secondary N) is 2. The lowest BCUT2D eigenvalue weighted by atomic mass is 10.2. The lowest BCUT2D eigenvalue weighted by Crippen LogP contribution is -2.32. The fourth-order valence-corrected chi connectivity index (χ4v) is 1.87. The molecule has 0 aromatic heterocycles. The van der Waals surface area contributed by atoms with Crippen molar-refractivity contribution in [1.29, 1.82) is 0 Å². The monoisotopic (exact) mass is 353 g/mol. The molecule has 5 nitrogen and oxygen atoms in total. The molecule has 0 unspecified atom stereocenters. The minimum Gasteiger partial charge on any atom is -0.316 e. The van der Waals surface area contributed by atoms with Crippen LogP contribution in [0.5, 0.6) is 0 Å². The van der Waals surface area contributed by atoms with Crippen molar-refractivity contribution in [3.63, 3.8) is 0 Å². The van der Waals surface area contributed by atoms with Gasteiger partial charge in [-0.2, -0.15) is 5.10 Å². The molecular formula is C15H10Cl2FN3O2. The Bertz CT molecular complexity index is 764. The molecule has 0 heterocycles. The first kappa shape index (κ1) is 16.9. The molecule has 0 aliphatic carbocycles. The summed E-state index contributed by atoms with van der Waals surface area (Å²) in [6, 6.07) is 9.88. The Balaban J connectivity index is 1.93. The zero-order valence-corrected chi connectivity index (χ0v) is 13.0. The molecule has 0 aliphatic heterocycles. The van der Waals surface area contributed by atoms with Crippen LogP contribution in [-0.2, 0) is 9.59 Å². The molecule has 118 valence electrons. The minimum absolute atomic E-state index is 0.210. The van der Waals surface area contributed by atoms with Crippen molar-refractivity contribution in [2.45, 2.75) is 0 Å². The van der Waals surface area contributed by atoms with Gasteiger partial charge in [-0.05, 0) is 35.9 Å². The summed E-state index contributed by atoms with van der Waals surface area (Å²) >= 11 is 11.7. The van der Waals surface area contributed by atoms with E-state index in [4.69, 9.17) is 23.2 Å². The van der Waals surface area contributed by atoms with Crippen LogP contribution in [0.2, 0.25) is 10.0 Å². The van der Waals surface area contributed by atoms with Gasteiger partial charge in [0.25, 0.3) is 0 Å². The molecule has 0 saturated carbocycles. The second kappa shape index (κ2) is 7.71. The van der Waals surface area contributed by atoms with Crippen LogP contribution in [0.1, 0.15) is 5.56 Å². The first-order valence-electron chi connectivity index (χ1n) is 6.31.